The van der Waals surface area contributed by atoms with Gasteiger partial charge in [0.05, 0.1) is 31.2 Å². The Bertz CT molecular complexity index is 623. The topological polar surface area (TPSA) is 214 Å². The van der Waals surface area contributed by atoms with Gasteiger partial charge in [0.15, 0.2) is 6.04 Å². The average Bonchev–Trinajstić information content (AvgIpc) is 3.00. The van der Waals surface area contributed by atoms with Crippen LogP contribution in [0.5, 0.6) is 0 Å². The molecule has 9 N–H and O–H groups in total. The number of urea groups is 1. The van der Waals surface area contributed by atoms with E-state index >= 15 is 0 Å². The van der Waals surface area contributed by atoms with Crippen LogP contribution in [0.25, 0.3) is 0 Å². The predicted octanol–water partition coefficient (Wildman–Crippen LogP) is -2.42. The van der Waals surface area contributed by atoms with Crippen LogP contribution in [-0.2, 0) is 9.59 Å². The molecule has 12 nitrogen and oxygen atoms in total. The summed E-state index contributed by atoms with van der Waals surface area (Å²) >= 11 is 0.966. The van der Waals surface area contributed by atoms with Gasteiger partial charge < -0.3 is 37.4 Å². The molecule has 1 rings (SSSR count). The Morgan fingerprint density at radius 3 is 2.32 bits per heavy atom. The van der Waals surface area contributed by atoms with Crippen molar-refractivity contribution < 1.29 is 29.7 Å². The number of nitrogens with zero attached hydrogens (tertiary/aromatic N) is 2. The SMILES string of the molecule is CC(O)C(NC(=O)N[C@@H](CC(N)=O)c1nnc([C@@H](N)CO)s1)C(=O)O. The molecule has 3 amide bonds. The zero-order valence-corrected chi connectivity index (χ0v) is 14.1. The highest BCUT2D eigenvalue weighted by atomic mass is 32.1. The molecular formula is C12H20N6O6S. The zero-order valence-electron chi connectivity index (χ0n) is 13.2. The Balaban J connectivity index is 2.89. The summed E-state index contributed by atoms with van der Waals surface area (Å²) < 4.78 is 0. The van der Waals surface area contributed by atoms with Crippen molar-refractivity contribution in [1.82, 2.24) is 20.8 Å². The Labute approximate surface area is 146 Å². The lowest BCUT2D eigenvalue weighted by Crippen LogP contribution is -2.51. The van der Waals surface area contributed by atoms with Gasteiger partial charge in [-0.1, -0.05) is 11.3 Å². The maximum Gasteiger partial charge on any atom is 0.328 e. The van der Waals surface area contributed by atoms with Gasteiger partial charge in [0.2, 0.25) is 5.91 Å². The fraction of sp³-hybridized carbons (Fsp3) is 0.583. The Morgan fingerprint density at radius 2 is 1.84 bits per heavy atom. The van der Waals surface area contributed by atoms with Crippen molar-refractivity contribution in [2.45, 2.75) is 37.6 Å². The molecule has 1 aromatic heterocycles. The second kappa shape index (κ2) is 9.22. The first-order valence-corrected chi connectivity index (χ1v) is 7.93. The van der Waals surface area contributed by atoms with Gasteiger partial charge in [-0.15, -0.1) is 10.2 Å². The number of aliphatic hydroxyl groups excluding tert-OH is 2. The molecule has 13 heteroatoms. The summed E-state index contributed by atoms with van der Waals surface area (Å²) in [5.74, 6) is -2.16. The van der Waals surface area contributed by atoms with Crippen LogP contribution in [0.15, 0.2) is 0 Å². The molecule has 1 aromatic rings. The fourth-order valence-electron chi connectivity index (χ4n) is 1.75. The van der Waals surface area contributed by atoms with Crippen LogP contribution < -0.4 is 22.1 Å². The number of rotatable bonds is 9. The summed E-state index contributed by atoms with van der Waals surface area (Å²) in [6.07, 6.45) is -1.66. The maximum atomic E-state index is 12.0. The molecule has 4 atom stereocenters. The summed E-state index contributed by atoms with van der Waals surface area (Å²) in [5, 5.41) is 39.8. The van der Waals surface area contributed by atoms with Crippen LogP contribution >= 0.6 is 11.3 Å². The van der Waals surface area contributed by atoms with Crippen molar-refractivity contribution in [3.05, 3.63) is 10.0 Å². The van der Waals surface area contributed by atoms with Gasteiger partial charge >= 0.3 is 12.0 Å². The van der Waals surface area contributed by atoms with E-state index in [1.54, 1.807) is 0 Å². The Morgan fingerprint density at radius 1 is 1.24 bits per heavy atom. The molecular weight excluding hydrogens is 356 g/mol. The minimum Gasteiger partial charge on any atom is -0.480 e. The maximum absolute atomic E-state index is 12.0. The minimum absolute atomic E-state index is 0.205. The molecule has 0 aromatic carbocycles. The zero-order chi connectivity index (χ0) is 19.1. The van der Waals surface area contributed by atoms with Gasteiger partial charge in [-0.3, -0.25) is 4.79 Å². The van der Waals surface area contributed by atoms with E-state index in [0.717, 1.165) is 11.3 Å². The highest BCUT2D eigenvalue weighted by Crippen LogP contribution is 2.23. The summed E-state index contributed by atoms with van der Waals surface area (Å²) in [6.45, 7) is 0.838. The number of aliphatic carboxylic acids is 1. The lowest BCUT2D eigenvalue weighted by Gasteiger charge is -2.20. The van der Waals surface area contributed by atoms with Crippen LogP contribution in [-0.4, -0.2) is 62.2 Å². The number of primary amides is 1. The number of amides is 3. The first kappa shape index (κ1) is 20.7. The van der Waals surface area contributed by atoms with E-state index in [9.17, 15) is 19.5 Å². The van der Waals surface area contributed by atoms with Gasteiger partial charge in [0, 0.05) is 0 Å². The van der Waals surface area contributed by atoms with Gasteiger partial charge in [0.25, 0.3) is 0 Å². The summed E-state index contributed by atoms with van der Waals surface area (Å²) in [4.78, 5) is 34.2. The van der Waals surface area contributed by atoms with E-state index in [0.29, 0.717) is 5.01 Å². The first-order valence-electron chi connectivity index (χ1n) is 7.11. The number of nitrogens with one attached hydrogen (secondary N) is 2. The van der Waals surface area contributed by atoms with Crippen molar-refractivity contribution in [2.24, 2.45) is 11.5 Å². The molecule has 0 bridgehead atoms. The normalized spacial score (nSPS) is 15.7. The molecule has 0 spiro atoms. The quantitative estimate of drug-likeness (QED) is 0.244. The lowest BCUT2D eigenvalue weighted by atomic mass is 10.2. The van der Waals surface area contributed by atoms with Crippen molar-refractivity contribution >= 4 is 29.2 Å². The average molecular weight is 376 g/mol. The van der Waals surface area contributed by atoms with Crippen LogP contribution in [0.3, 0.4) is 0 Å². The van der Waals surface area contributed by atoms with E-state index in [1.165, 1.54) is 6.92 Å². The second-order valence-electron chi connectivity index (χ2n) is 5.16. The monoisotopic (exact) mass is 376 g/mol. The Kier molecular flexibility index (Phi) is 7.63. The minimum atomic E-state index is -1.54. The highest BCUT2D eigenvalue weighted by Gasteiger charge is 2.28. The molecule has 140 valence electrons. The van der Waals surface area contributed by atoms with Crippen molar-refractivity contribution in [2.75, 3.05) is 6.61 Å². The molecule has 25 heavy (non-hydrogen) atoms. The van der Waals surface area contributed by atoms with E-state index in [1.807, 2.05) is 0 Å². The Hall–Kier alpha value is -2.35. The summed E-state index contributed by atoms with van der Waals surface area (Å²) in [6, 6.07) is -4.22. The first-order chi connectivity index (χ1) is 11.6. The van der Waals surface area contributed by atoms with E-state index in [4.69, 9.17) is 21.7 Å². The third-order valence-electron chi connectivity index (χ3n) is 3.01. The van der Waals surface area contributed by atoms with Gasteiger partial charge in [-0.05, 0) is 6.92 Å². The number of nitrogens with two attached hydrogens (primary N) is 2. The molecule has 0 fully saturated rings. The molecule has 1 heterocycles. The number of aliphatic hydroxyl groups is 2. The van der Waals surface area contributed by atoms with Crippen LogP contribution in [0.1, 0.15) is 35.4 Å². The van der Waals surface area contributed by atoms with E-state index in [-0.39, 0.29) is 18.0 Å². The van der Waals surface area contributed by atoms with Gasteiger partial charge in [-0.25, -0.2) is 9.59 Å². The smallest absolute Gasteiger partial charge is 0.328 e. The van der Waals surface area contributed by atoms with Gasteiger partial charge in [0.1, 0.15) is 10.0 Å². The number of hydrogen-bond donors (Lipinski definition) is 7. The second-order valence-corrected chi connectivity index (χ2v) is 6.21. The number of carboxylic acid groups (broad SMARTS) is 1. The number of aromatic nitrogens is 2. The third kappa shape index (κ3) is 6.22. The van der Waals surface area contributed by atoms with Crippen LogP contribution in [0.2, 0.25) is 0 Å². The highest BCUT2D eigenvalue weighted by molar-refractivity contribution is 7.11. The number of carboxylic acids is 1. The number of carbonyl (C=O) groups excluding carboxylic acids is 2. The molecule has 0 aliphatic carbocycles. The van der Waals surface area contributed by atoms with E-state index < -0.39 is 42.1 Å². The third-order valence-corrected chi connectivity index (χ3v) is 4.18. The molecule has 0 radical (unpaired) electrons. The fourth-order valence-corrected chi connectivity index (χ4v) is 2.63. The van der Waals surface area contributed by atoms with Crippen molar-refractivity contribution in [3.8, 4) is 0 Å². The number of hydrogen-bond acceptors (Lipinski definition) is 9. The van der Waals surface area contributed by atoms with Crippen molar-refractivity contribution in [3.63, 3.8) is 0 Å². The summed E-state index contributed by atoms with van der Waals surface area (Å²) in [7, 11) is 0. The predicted molar refractivity (Wildman–Crippen MR) is 85.2 cm³/mol. The largest absolute Gasteiger partial charge is 0.480 e. The number of carbonyl (C=O) groups is 3. The summed E-state index contributed by atoms with van der Waals surface area (Å²) in [5.41, 5.74) is 10.8. The molecule has 0 aliphatic heterocycles. The van der Waals surface area contributed by atoms with Crippen LogP contribution in [0.4, 0.5) is 4.79 Å². The molecule has 0 aliphatic rings. The van der Waals surface area contributed by atoms with Gasteiger partial charge in [-0.2, -0.15) is 0 Å². The van der Waals surface area contributed by atoms with Crippen LogP contribution in [0, 0.1) is 0 Å². The van der Waals surface area contributed by atoms with E-state index in [2.05, 4.69) is 20.8 Å². The lowest BCUT2D eigenvalue weighted by molar-refractivity contribution is -0.141. The molecule has 2 unspecified atom stereocenters. The molecule has 0 saturated carbocycles. The standard InChI is InChI=1S/C12H20N6O6S/c1-4(20)8(11(22)23)16-12(24)15-6(2-7(14)21)10-18-17-9(25-10)5(13)3-19/h4-6,8,19-20H,2-3,13H2,1H3,(H2,14,21)(H,22,23)(H2,15,16,24)/t4?,5-,6-,8?/m0/s1. The van der Waals surface area contributed by atoms with Crippen molar-refractivity contribution in [1.29, 1.82) is 0 Å². The molecule has 0 saturated heterocycles.